The van der Waals surface area contributed by atoms with E-state index in [9.17, 15) is 4.79 Å². The largest absolute Gasteiger partial charge is 0.361 e. The number of fused-ring (bicyclic) bond motifs is 1. The molecule has 3 rings (SSSR count). The average Bonchev–Trinajstić information content (AvgIpc) is 2.91. The first-order valence-corrected chi connectivity index (χ1v) is 8.09. The van der Waals surface area contributed by atoms with E-state index in [0.29, 0.717) is 0 Å². The van der Waals surface area contributed by atoms with Crippen LogP contribution in [-0.4, -0.2) is 23.1 Å². The number of anilines is 1. The summed E-state index contributed by atoms with van der Waals surface area (Å²) in [4.78, 5) is 19.6. The highest BCUT2D eigenvalue weighted by Crippen LogP contribution is 2.26. The molecule has 100 valence electrons. The highest BCUT2D eigenvalue weighted by Gasteiger charge is 2.16. The summed E-state index contributed by atoms with van der Waals surface area (Å²) >= 11 is 3.36. The van der Waals surface area contributed by atoms with E-state index in [-0.39, 0.29) is 5.69 Å². The van der Waals surface area contributed by atoms with Crippen molar-refractivity contribution in [2.24, 2.45) is 0 Å². The van der Waals surface area contributed by atoms with Gasteiger partial charge in [-0.15, -0.1) is 23.1 Å². The third-order valence-electron chi connectivity index (χ3n) is 3.17. The first-order valence-electron chi connectivity index (χ1n) is 6.22. The highest BCUT2D eigenvalue weighted by atomic mass is 32.2. The lowest BCUT2D eigenvalue weighted by molar-refractivity contribution is 0.548. The van der Waals surface area contributed by atoms with E-state index in [1.165, 1.54) is 4.88 Å². The van der Waals surface area contributed by atoms with E-state index in [1.807, 2.05) is 19.2 Å². The van der Waals surface area contributed by atoms with Crippen LogP contribution in [0.4, 0.5) is 5.82 Å². The molecule has 0 saturated carbocycles. The normalized spacial score (nSPS) is 14.5. The second kappa shape index (κ2) is 5.38. The molecule has 0 amide bonds. The van der Waals surface area contributed by atoms with E-state index >= 15 is 0 Å². The molecule has 0 unspecified atom stereocenters. The molecule has 2 aromatic rings. The van der Waals surface area contributed by atoms with E-state index in [4.69, 9.17) is 0 Å². The van der Waals surface area contributed by atoms with Gasteiger partial charge in [-0.2, -0.15) is 4.98 Å². The fourth-order valence-corrected chi connectivity index (χ4v) is 3.85. The van der Waals surface area contributed by atoms with Crippen LogP contribution in [0.2, 0.25) is 0 Å². The van der Waals surface area contributed by atoms with Crippen LogP contribution in [0.3, 0.4) is 0 Å². The predicted octanol–water partition coefficient (Wildman–Crippen LogP) is 2.44. The van der Waals surface area contributed by atoms with E-state index in [2.05, 4.69) is 21.3 Å². The molecule has 0 aliphatic carbocycles. The van der Waals surface area contributed by atoms with Crippen LogP contribution in [0.25, 0.3) is 0 Å². The van der Waals surface area contributed by atoms with Crippen LogP contribution in [0.15, 0.2) is 33.4 Å². The molecule has 6 heteroatoms. The SMILES string of the molecule is CN1CCCn2c1cc(SCc1cccs1)nc2=O. The molecular weight excluding hydrogens is 278 g/mol. The van der Waals surface area contributed by atoms with Gasteiger partial charge in [0.05, 0.1) is 0 Å². The molecule has 19 heavy (non-hydrogen) atoms. The third-order valence-corrected chi connectivity index (χ3v) is 5.19. The highest BCUT2D eigenvalue weighted by molar-refractivity contribution is 7.98. The molecular formula is C13H15N3OS2. The minimum atomic E-state index is -0.127. The minimum Gasteiger partial charge on any atom is -0.361 e. The Hall–Kier alpha value is -1.27. The van der Waals surface area contributed by atoms with Gasteiger partial charge in [0.2, 0.25) is 0 Å². The molecule has 2 aromatic heterocycles. The van der Waals surface area contributed by atoms with Crippen molar-refractivity contribution in [3.63, 3.8) is 0 Å². The molecule has 0 N–H and O–H groups in total. The van der Waals surface area contributed by atoms with Crippen LogP contribution >= 0.6 is 23.1 Å². The lowest BCUT2D eigenvalue weighted by Gasteiger charge is -2.28. The number of thiophene rings is 1. The van der Waals surface area contributed by atoms with E-state index in [0.717, 1.165) is 36.1 Å². The Morgan fingerprint density at radius 1 is 1.47 bits per heavy atom. The first-order chi connectivity index (χ1) is 9.24. The molecule has 0 spiro atoms. The van der Waals surface area contributed by atoms with Crippen LogP contribution in [0.1, 0.15) is 11.3 Å². The number of aromatic nitrogens is 2. The maximum Gasteiger partial charge on any atom is 0.350 e. The van der Waals surface area contributed by atoms with Gasteiger partial charge in [-0.1, -0.05) is 6.07 Å². The summed E-state index contributed by atoms with van der Waals surface area (Å²) in [5.41, 5.74) is -0.127. The number of hydrogen-bond donors (Lipinski definition) is 0. The van der Waals surface area contributed by atoms with Crippen LogP contribution < -0.4 is 10.6 Å². The molecule has 0 radical (unpaired) electrons. The summed E-state index contributed by atoms with van der Waals surface area (Å²) in [5.74, 6) is 1.86. The summed E-state index contributed by atoms with van der Waals surface area (Å²) in [5, 5.41) is 2.89. The Labute approximate surface area is 120 Å². The fourth-order valence-electron chi connectivity index (χ4n) is 2.19. The standard InChI is InChI=1S/C13H15N3OS2/c1-15-5-3-6-16-12(15)8-11(14-13(16)17)19-9-10-4-2-7-18-10/h2,4,7-8H,3,5-6,9H2,1H3. The van der Waals surface area contributed by atoms with Gasteiger partial charge in [0, 0.05) is 36.8 Å². The third kappa shape index (κ3) is 2.69. The number of thioether (sulfide) groups is 1. The monoisotopic (exact) mass is 293 g/mol. The molecule has 3 heterocycles. The van der Waals surface area contributed by atoms with Gasteiger partial charge in [0.1, 0.15) is 10.8 Å². The van der Waals surface area contributed by atoms with Crippen molar-refractivity contribution < 1.29 is 0 Å². The van der Waals surface area contributed by atoms with Gasteiger partial charge in [0.25, 0.3) is 0 Å². The Bertz CT molecular complexity index is 621. The summed E-state index contributed by atoms with van der Waals surface area (Å²) in [6.45, 7) is 1.78. The van der Waals surface area contributed by atoms with Gasteiger partial charge in [0.15, 0.2) is 0 Å². The zero-order valence-corrected chi connectivity index (χ0v) is 12.3. The average molecular weight is 293 g/mol. The van der Waals surface area contributed by atoms with Crippen molar-refractivity contribution in [1.29, 1.82) is 0 Å². The summed E-state index contributed by atoms with van der Waals surface area (Å²) in [6.07, 6.45) is 1.01. The molecule has 0 aromatic carbocycles. The molecule has 4 nitrogen and oxygen atoms in total. The maximum atomic E-state index is 12.0. The molecule has 0 saturated heterocycles. The van der Waals surface area contributed by atoms with Crippen molar-refractivity contribution in [1.82, 2.24) is 9.55 Å². The van der Waals surface area contributed by atoms with Crippen molar-refractivity contribution in [3.05, 3.63) is 38.9 Å². The van der Waals surface area contributed by atoms with Gasteiger partial charge in [-0.25, -0.2) is 4.79 Å². The summed E-state index contributed by atoms with van der Waals surface area (Å²) in [7, 11) is 2.03. The zero-order chi connectivity index (χ0) is 13.2. The smallest absolute Gasteiger partial charge is 0.350 e. The lowest BCUT2D eigenvalue weighted by atomic mass is 10.3. The topological polar surface area (TPSA) is 38.1 Å². The van der Waals surface area contributed by atoms with Gasteiger partial charge < -0.3 is 4.90 Å². The minimum absolute atomic E-state index is 0.127. The predicted molar refractivity (Wildman–Crippen MR) is 80.3 cm³/mol. The van der Waals surface area contributed by atoms with Crippen LogP contribution in [0, 0.1) is 0 Å². The van der Waals surface area contributed by atoms with E-state index < -0.39 is 0 Å². The Kier molecular flexibility index (Phi) is 3.61. The summed E-state index contributed by atoms with van der Waals surface area (Å²) < 4.78 is 1.76. The summed E-state index contributed by atoms with van der Waals surface area (Å²) in [6, 6.07) is 6.18. The second-order valence-electron chi connectivity index (χ2n) is 4.53. The molecule has 0 bridgehead atoms. The molecule has 0 fully saturated rings. The van der Waals surface area contributed by atoms with Crippen molar-refractivity contribution in [2.75, 3.05) is 18.5 Å². The molecule has 1 aliphatic rings. The maximum absolute atomic E-state index is 12.0. The van der Waals surface area contributed by atoms with Gasteiger partial charge in [-0.3, -0.25) is 4.57 Å². The van der Waals surface area contributed by atoms with Crippen molar-refractivity contribution >= 4 is 28.9 Å². The Morgan fingerprint density at radius 3 is 3.16 bits per heavy atom. The van der Waals surface area contributed by atoms with Crippen molar-refractivity contribution in [2.45, 2.75) is 23.7 Å². The number of nitrogens with zero attached hydrogens (tertiary/aromatic N) is 3. The first kappa shape index (κ1) is 12.7. The molecule has 1 aliphatic heterocycles. The van der Waals surface area contributed by atoms with Crippen LogP contribution in [0.5, 0.6) is 0 Å². The van der Waals surface area contributed by atoms with Gasteiger partial charge >= 0.3 is 5.69 Å². The Morgan fingerprint density at radius 2 is 2.37 bits per heavy atom. The number of rotatable bonds is 3. The second-order valence-corrected chi connectivity index (χ2v) is 6.56. The van der Waals surface area contributed by atoms with Crippen molar-refractivity contribution in [3.8, 4) is 0 Å². The fraction of sp³-hybridized carbons (Fsp3) is 0.385. The molecule has 0 atom stereocenters. The zero-order valence-electron chi connectivity index (χ0n) is 10.7. The Balaban J connectivity index is 1.85. The van der Waals surface area contributed by atoms with E-state index in [1.54, 1.807) is 27.7 Å². The number of hydrogen-bond acceptors (Lipinski definition) is 5. The lowest BCUT2D eigenvalue weighted by Crippen LogP contribution is -2.36. The van der Waals surface area contributed by atoms with Crippen LogP contribution in [-0.2, 0) is 12.3 Å². The van der Waals surface area contributed by atoms with Gasteiger partial charge in [-0.05, 0) is 17.9 Å². The quantitative estimate of drug-likeness (QED) is 0.643.